The van der Waals surface area contributed by atoms with Gasteiger partial charge in [0.15, 0.2) is 0 Å². The van der Waals surface area contributed by atoms with Gasteiger partial charge in [-0.3, -0.25) is 9.59 Å². The van der Waals surface area contributed by atoms with Crippen LogP contribution in [0.4, 0.5) is 8.78 Å². The number of aliphatic hydroxyl groups excluding tert-OH is 3. The highest BCUT2D eigenvalue weighted by Gasteiger charge is 2.48. The highest BCUT2D eigenvalue weighted by Crippen LogP contribution is 2.36. The van der Waals surface area contributed by atoms with E-state index in [1.165, 1.54) is 6.92 Å². The summed E-state index contributed by atoms with van der Waals surface area (Å²) < 4.78 is 54.3. The molecule has 2 aliphatic rings. The Bertz CT molecular complexity index is 975. The van der Waals surface area contributed by atoms with Crippen molar-refractivity contribution in [2.24, 2.45) is 11.8 Å². The molecule has 0 saturated carbocycles. The normalized spacial score (nSPS) is 27.5. The van der Waals surface area contributed by atoms with Gasteiger partial charge in [0.05, 0.1) is 12.7 Å². The van der Waals surface area contributed by atoms with Gasteiger partial charge in [0.2, 0.25) is 12.6 Å². The lowest BCUT2D eigenvalue weighted by Gasteiger charge is -2.44. The average molecular weight is 948 g/mol. The lowest BCUT2D eigenvalue weighted by atomic mass is 9.81. The number of benzene rings is 1. The van der Waals surface area contributed by atoms with Crippen LogP contribution in [0.15, 0.2) is 30.3 Å². The van der Waals surface area contributed by atoms with Crippen molar-refractivity contribution in [1.82, 2.24) is 0 Å². The molecule has 0 amide bonds. The van der Waals surface area contributed by atoms with Crippen LogP contribution >= 0.6 is 135 Å². The number of alkyl halides is 2. The molecule has 322 valence electrons. The van der Waals surface area contributed by atoms with Crippen molar-refractivity contribution in [3.63, 3.8) is 0 Å². The first kappa shape index (κ1) is 77.7. The summed E-state index contributed by atoms with van der Waals surface area (Å²) in [6, 6.07) is 9.76. The topological polar surface area (TPSA) is 141 Å². The molecule has 0 aliphatic carbocycles. The molecule has 1 aromatic rings. The number of aliphatic hydroxyl groups is 3. The Kier molecular flexibility index (Phi) is 58.5. The number of ether oxygens (including phenoxy) is 5. The Morgan fingerprint density at radius 2 is 1.08 bits per heavy atom. The second kappa shape index (κ2) is 39.1. The fourth-order valence-electron chi connectivity index (χ4n) is 4.77. The van der Waals surface area contributed by atoms with Gasteiger partial charge >= 0.3 is 11.9 Å². The van der Waals surface area contributed by atoms with Crippen molar-refractivity contribution in [3.05, 3.63) is 35.9 Å². The minimum Gasteiger partial charge on any atom is -0.433 e. The van der Waals surface area contributed by atoms with Crippen molar-refractivity contribution >= 4 is 147 Å². The van der Waals surface area contributed by atoms with E-state index in [1.807, 2.05) is 44.2 Å². The van der Waals surface area contributed by atoms with Crippen LogP contribution < -0.4 is 0 Å². The Labute approximate surface area is 379 Å². The minimum absolute atomic E-state index is 0. The molecule has 1 aromatic carbocycles. The van der Waals surface area contributed by atoms with Crippen LogP contribution in [0.3, 0.4) is 0 Å². The summed E-state index contributed by atoms with van der Waals surface area (Å²) in [4.78, 5) is 22.2. The number of halogens is 2. The lowest BCUT2D eigenvalue weighted by molar-refractivity contribution is -0.296. The maximum Gasteiger partial charge on any atom is 0.305 e. The summed E-state index contributed by atoms with van der Waals surface area (Å²) >= 11 is 0. The molecule has 3 rings (SSSR count). The monoisotopic (exact) mass is 946 g/mol. The fourth-order valence-corrected chi connectivity index (χ4v) is 4.77. The first-order valence-electron chi connectivity index (χ1n) is 13.9. The van der Waals surface area contributed by atoms with Gasteiger partial charge in [-0.1, -0.05) is 65.5 Å². The molecule has 12 atom stereocenters. The van der Waals surface area contributed by atoms with Crippen LogP contribution in [-0.4, -0.2) is 88.8 Å². The van der Waals surface area contributed by atoms with Crippen LogP contribution in [0.5, 0.6) is 0 Å². The molecule has 0 radical (unpaired) electrons. The Morgan fingerprint density at radius 1 is 0.673 bits per heavy atom. The van der Waals surface area contributed by atoms with Crippen LogP contribution in [0.2, 0.25) is 0 Å². The molecule has 0 bridgehead atoms. The fraction of sp³-hybridized carbons (Fsp3) is 0.733. The van der Waals surface area contributed by atoms with Gasteiger partial charge in [-0.25, -0.2) is 8.78 Å². The predicted molar refractivity (Wildman–Crippen MR) is 253 cm³/mol. The third kappa shape index (κ3) is 23.5. The van der Waals surface area contributed by atoms with Gasteiger partial charge in [0.25, 0.3) is 0 Å². The summed E-state index contributed by atoms with van der Waals surface area (Å²) in [5.74, 6) is -1.22. The molecule has 22 heteroatoms. The smallest absolute Gasteiger partial charge is 0.305 e. The number of hydrogen-bond donors (Lipinski definition) is 3. The maximum absolute atomic E-state index is 14.2. The minimum atomic E-state index is -1.62. The molecule has 10 nitrogen and oxygen atoms in total. The molecule has 0 aromatic heterocycles. The summed E-state index contributed by atoms with van der Waals surface area (Å²) in [5.41, 5.74) is 1.03. The number of esters is 2. The molecule has 2 heterocycles. The number of carbonyl (C=O) groups excluding carboxylic acids is 2. The van der Waals surface area contributed by atoms with Crippen molar-refractivity contribution in [3.8, 4) is 0 Å². The average Bonchev–Trinajstić information content (AvgIpc) is 2.94. The van der Waals surface area contributed by atoms with Crippen molar-refractivity contribution in [2.75, 3.05) is 0 Å². The van der Waals surface area contributed by atoms with E-state index in [9.17, 15) is 33.7 Å². The van der Waals surface area contributed by atoms with E-state index in [-0.39, 0.29) is 161 Å². The molecule has 2 fully saturated rings. The van der Waals surface area contributed by atoms with Crippen LogP contribution in [-0.2, 0) is 39.9 Å². The number of carbonyl (C=O) groups is 2. The van der Waals surface area contributed by atoms with E-state index in [1.54, 1.807) is 13.8 Å². The highest BCUT2D eigenvalue weighted by molar-refractivity contribution is 7.60. The van der Waals surface area contributed by atoms with Gasteiger partial charge in [-0.15, -0.1) is 0 Å². The van der Waals surface area contributed by atoms with E-state index in [0.29, 0.717) is 13.0 Å². The van der Waals surface area contributed by atoms with Gasteiger partial charge in [0.1, 0.15) is 42.9 Å². The highest BCUT2D eigenvalue weighted by atomic mass is 32.1. The molecular weight excluding hydrogens is 879 g/mol. The van der Waals surface area contributed by atoms with E-state index in [4.69, 9.17) is 18.9 Å². The Balaban J connectivity index is -0.0000000724. The zero-order valence-corrected chi connectivity index (χ0v) is 39.4. The van der Waals surface area contributed by atoms with E-state index in [2.05, 4.69) is 4.74 Å². The van der Waals surface area contributed by atoms with E-state index in [0.717, 1.165) is 12.5 Å². The Hall–Kier alpha value is 1.28. The summed E-state index contributed by atoms with van der Waals surface area (Å²) in [6.45, 7) is 10.1. The zero-order valence-electron chi connectivity index (χ0n) is 29.4. The maximum atomic E-state index is 14.2. The standard InChI is InChI=1S/C19H27FO4.C10H17FO6.CH4.10H2S/c1-5-16(20)17-12(2)13(3)18(19(24-17)23-14(4)21)22-11-15-9-7-6-8-10-15;1-3-5(11)9-7(14)6(13)8(15)10(17-9)16-4(2)12;;;;;;;;;;;/h6-10,12-13,16-19H,5,11H2,1-4H3;5-10,13-15H,3H2,1-2H3;1H4;10*1H2/t12-,13-,16-,17?,18?,19?;5-,6-,7-,8?,9?,10?;;;;;;;;;;;/m00.........../s1. The quantitative estimate of drug-likeness (QED) is 0.298. The second-order valence-corrected chi connectivity index (χ2v) is 10.5. The number of hydrogen-bond acceptors (Lipinski definition) is 10. The first-order valence-corrected chi connectivity index (χ1v) is 13.9. The molecule has 0 spiro atoms. The second-order valence-electron chi connectivity index (χ2n) is 10.5. The van der Waals surface area contributed by atoms with E-state index < -0.39 is 73.5 Å². The lowest BCUT2D eigenvalue weighted by Crippen LogP contribution is -2.60. The summed E-state index contributed by atoms with van der Waals surface area (Å²) in [5, 5.41) is 28.5. The van der Waals surface area contributed by atoms with Crippen LogP contribution in [0.25, 0.3) is 0 Å². The van der Waals surface area contributed by atoms with Crippen molar-refractivity contribution in [1.29, 1.82) is 0 Å². The molecule has 52 heavy (non-hydrogen) atoms. The number of rotatable bonds is 9. The first-order chi connectivity index (χ1) is 19.3. The zero-order chi connectivity index (χ0) is 30.9. The summed E-state index contributed by atoms with van der Waals surface area (Å²) in [6.07, 6.45) is -11.7. The SMILES string of the molecule is C.CC[C@H](F)C1OC(OC(C)=O)C(O)[C@@H](O)[C@@H]1O.CC[C@H](F)C1OC(OC(C)=O)C(OCc2ccccc2)[C@@H](C)[C@@H]1C.S.S.S.S.S.S.S.S.S.S. The molecular formula is C30H68F2O10S10. The molecule has 6 unspecified atom stereocenters. The Morgan fingerprint density at radius 3 is 1.50 bits per heavy atom. The van der Waals surface area contributed by atoms with Gasteiger partial charge in [-0.2, -0.15) is 135 Å². The van der Waals surface area contributed by atoms with Gasteiger partial charge < -0.3 is 39.0 Å². The van der Waals surface area contributed by atoms with Gasteiger partial charge in [0, 0.05) is 13.8 Å². The van der Waals surface area contributed by atoms with E-state index >= 15 is 0 Å². The third-order valence-corrected chi connectivity index (χ3v) is 7.37. The largest absolute Gasteiger partial charge is 0.433 e. The van der Waals surface area contributed by atoms with Crippen LogP contribution in [0, 0.1) is 11.8 Å². The molecule has 2 aliphatic heterocycles. The van der Waals surface area contributed by atoms with Crippen LogP contribution in [0.1, 0.15) is 67.4 Å². The molecule has 3 N–H and O–H groups in total. The molecule has 2 saturated heterocycles. The predicted octanol–water partition coefficient (Wildman–Crippen LogP) is 4.75. The van der Waals surface area contributed by atoms with Gasteiger partial charge in [-0.05, 0) is 30.2 Å². The van der Waals surface area contributed by atoms with Crippen molar-refractivity contribution < 1.29 is 57.4 Å². The van der Waals surface area contributed by atoms with Crippen molar-refractivity contribution in [2.45, 2.75) is 130 Å². The summed E-state index contributed by atoms with van der Waals surface area (Å²) in [7, 11) is 0. The third-order valence-electron chi connectivity index (χ3n) is 7.37.